The van der Waals surface area contributed by atoms with Gasteiger partial charge >= 0.3 is 0 Å². The molecular formula is C28H32N2O2. The van der Waals surface area contributed by atoms with Gasteiger partial charge in [0.1, 0.15) is 6.04 Å². The lowest BCUT2D eigenvalue weighted by Crippen LogP contribution is -2.51. The van der Waals surface area contributed by atoms with Crippen LogP contribution in [0.25, 0.3) is 0 Å². The Labute approximate surface area is 191 Å². The number of carbonyl (C=O) groups is 2. The lowest BCUT2D eigenvalue weighted by atomic mass is 10.00. The lowest BCUT2D eigenvalue weighted by Gasteiger charge is -2.32. The number of amides is 2. The summed E-state index contributed by atoms with van der Waals surface area (Å²) in [7, 11) is 0. The molecule has 0 aliphatic carbocycles. The zero-order valence-electron chi connectivity index (χ0n) is 19.0. The minimum absolute atomic E-state index is 0.0456. The molecule has 32 heavy (non-hydrogen) atoms. The number of hydrogen-bond acceptors (Lipinski definition) is 2. The highest BCUT2D eigenvalue weighted by Crippen LogP contribution is 2.17. The summed E-state index contributed by atoms with van der Waals surface area (Å²) in [4.78, 5) is 28.6. The Morgan fingerprint density at radius 2 is 1.44 bits per heavy atom. The second-order valence-electron chi connectivity index (χ2n) is 8.11. The largest absolute Gasteiger partial charge is 0.354 e. The number of hydrogen-bond donors (Lipinski definition) is 1. The zero-order chi connectivity index (χ0) is 22.8. The van der Waals surface area contributed by atoms with E-state index < -0.39 is 6.04 Å². The van der Waals surface area contributed by atoms with Crippen LogP contribution in [-0.4, -0.2) is 29.3 Å². The van der Waals surface area contributed by atoms with E-state index in [0.29, 0.717) is 19.5 Å². The topological polar surface area (TPSA) is 49.4 Å². The molecule has 3 aromatic rings. The van der Waals surface area contributed by atoms with Gasteiger partial charge in [0.2, 0.25) is 11.8 Å². The summed E-state index contributed by atoms with van der Waals surface area (Å²) < 4.78 is 0. The van der Waals surface area contributed by atoms with Crippen LogP contribution in [-0.2, 0) is 29.0 Å². The highest BCUT2D eigenvalue weighted by molar-refractivity contribution is 5.89. The number of rotatable bonds is 10. The third kappa shape index (κ3) is 6.55. The Balaban J connectivity index is 1.94. The van der Waals surface area contributed by atoms with Gasteiger partial charge in [-0.05, 0) is 35.6 Å². The highest BCUT2D eigenvalue weighted by Gasteiger charge is 2.30. The Bertz CT molecular complexity index is 1000. The molecule has 4 heteroatoms. The molecule has 0 fully saturated rings. The lowest BCUT2D eigenvalue weighted by molar-refractivity contribution is -0.140. The molecule has 0 aliphatic heterocycles. The number of aryl methyl sites for hydroxylation is 1. The first kappa shape index (κ1) is 23.3. The van der Waals surface area contributed by atoms with Crippen LogP contribution in [0.3, 0.4) is 0 Å². The van der Waals surface area contributed by atoms with Crippen LogP contribution in [0.4, 0.5) is 0 Å². The van der Waals surface area contributed by atoms with E-state index in [0.717, 1.165) is 28.7 Å². The van der Waals surface area contributed by atoms with Gasteiger partial charge < -0.3 is 10.2 Å². The fourth-order valence-corrected chi connectivity index (χ4v) is 3.77. The molecule has 3 rings (SSSR count). The molecule has 0 bridgehead atoms. The summed E-state index contributed by atoms with van der Waals surface area (Å²) in [6.45, 7) is 5.02. The van der Waals surface area contributed by atoms with Gasteiger partial charge in [-0.3, -0.25) is 9.59 Å². The van der Waals surface area contributed by atoms with Gasteiger partial charge in [0.15, 0.2) is 0 Å². The van der Waals surface area contributed by atoms with Crippen molar-refractivity contribution in [1.29, 1.82) is 0 Å². The van der Waals surface area contributed by atoms with Gasteiger partial charge in [0, 0.05) is 19.5 Å². The monoisotopic (exact) mass is 428 g/mol. The molecule has 1 atom stereocenters. The van der Waals surface area contributed by atoms with Crippen molar-refractivity contribution in [1.82, 2.24) is 10.2 Å². The van der Waals surface area contributed by atoms with E-state index in [1.54, 1.807) is 4.90 Å². The molecule has 0 heterocycles. The van der Waals surface area contributed by atoms with Crippen molar-refractivity contribution in [3.05, 3.63) is 107 Å². The van der Waals surface area contributed by atoms with E-state index >= 15 is 0 Å². The Morgan fingerprint density at radius 3 is 2.06 bits per heavy atom. The molecule has 1 unspecified atom stereocenters. The molecule has 0 aromatic heterocycles. The second-order valence-corrected chi connectivity index (χ2v) is 8.11. The van der Waals surface area contributed by atoms with Gasteiger partial charge in [-0.15, -0.1) is 0 Å². The van der Waals surface area contributed by atoms with Crippen LogP contribution in [0.2, 0.25) is 0 Å². The molecule has 0 saturated carbocycles. The van der Waals surface area contributed by atoms with Crippen molar-refractivity contribution >= 4 is 11.8 Å². The fourth-order valence-electron chi connectivity index (χ4n) is 3.77. The molecule has 0 saturated heterocycles. The summed E-state index contributed by atoms with van der Waals surface area (Å²) in [5.41, 5.74) is 4.11. The maximum Gasteiger partial charge on any atom is 0.243 e. The Kier molecular flexibility index (Phi) is 8.61. The molecule has 2 amide bonds. The predicted molar refractivity (Wildman–Crippen MR) is 129 cm³/mol. The molecule has 0 radical (unpaired) electrons. The number of carbonyl (C=O) groups excluding carboxylic acids is 2. The van der Waals surface area contributed by atoms with Crippen molar-refractivity contribution < 1.29 is 9.59 Å². The minimum atomic E-state index is -0.583. The minimum Gasteiger partial charge on any atom is -0.354 e. The van der Waals surface area contributed by atoms with Crippen LogP contribution in [0.15, 0.2) is 84.9 Å². The first-order chi connectivity index (χ1) is 15.6. The summed E-state index contributed by atoms with van der Waals surface area (Å²) in [5.74, 6) is -0.152. The van der Waals surface area contributed by atoms with E-state index in [1.807, 2.05) is 98.8 Å². The Hall–Kier alpha value is -3.40. The SMILES string of the molecule is CCCNC(=O)C(Cc1ccccc1)N(Cc1ccccc1)C(=O)Cc1ccccc1C. The van der Waals surface area contributed by atoms with E-state index in [2.05, 4.69) is 5.32 Å². The summed E-state index contributed by atoms with van der Waals surface area (Å²) in [6.07, 6.45) is 1.59. The highest BCUT2D eigenvalue weighted by atomic mass is 16.2. The van der Waals surface area contributed by atoms with E-state index in [-0.39, 0.29) is 18.2 Å². The van der Waals surface area contributed by atoms with E-state index in [9.17, 15) is 9.59 Å². The van der Waals surface area contributed by atoms with Gasteiger partial charge in [-0.25, -0.2) is 0 Å². The van der Waals surface area contributed by atoms with Crippen LogP contribution in [0, 0.1) is 6.92 Å². The van der Waals surface area contributed by atoms with Crippen molar-refractivity contribution in [2.24, 2.45) is 0 Å². The van der Waals surface area contributed by atoms with Crippen molar-refractivity contribution in [2.75, 3.05) is 6.54 Å². The maximum atomic E-state index is 13.6. The summed E-state index contributed by atoms with van der Waals surface area (Å²) in [6, 6.07) is 27.1. The Morgan fingerprint density at radius 1 is 0.844 bits per heavy atom. The zero-order valence-corrected chi connectivity index (χ0v) is 19.0. The molecule has 4 nitrogen and oxygen atoms in total. The normalized spacial score (nSPS) is 11.6. The van der Waals surface area contributed by atoms with E-state index in [1.165, 1.54) is 0 Å². The molecule has 0 spiro atoms. The van der Waals surface area contributed by atoms with Crippen LogP contribution >= 0.6 is 0 Å². The van der Waals surface area contributed by atoms with Crippen LogP contribution in [0.1, 0.15) is 35.6 Å². The van der Waals surface area contributed by atoms with Gasteiger partial charge in [-0.1, -0.05) is 91.9 Å². The standard InChI is InChI=1S/C28H32N2O2/c1-3-18-29-28(32)26(19-23-13-6-4-7-14-23)30(21-24-15-8-5-9-16-24)27(31)20-25-17-11-10-12-22(25)2/h4-17,26H,3,18-21H2,1-2H3,(H,29,32). The second kappa shape index (κ2) is 11.8. The number of nitrogens with zero attached hydrogens (tertiary/aromatic N) is 1. The van der Waals surface area contributed by atoms with Crippen LogP contribution < -0.4 is 5.32 Å². The predicted octanol–water partition coefficient (Wildman–Crippen LogP) is 4.70. The van der Waals surface area contributed by atoms with Gasteiger partial charge in [0.25, 0.3) is 0 Å². The average molecular weight is 429 g/mol. The molecule has 166 valence electrons. The van der Waals surface area contributed by atoms with Crippen molar-refractivity contribution in [3.63, 3.8) is 0 Å². The first-order valence-corrected chi connectivity index (χ1v) is 11.3. The van der Waals surface area contributed by atoms with Crippen molar-refractivity contribution in [3.8, 4) is 0 Å². The molecular weight excluding hydrogens is 396 g/mol. The van der Waals surface area contributed by atoms with Crippen LogP contribution in [0.5, 0.6) is 0 Å². The molecule has 1 N–H and O–H groups in total. The summed E-state index contributed by atoms with van der Waals surface area (Å²) in [5, 5.41) is 3.02. The molecule has 3 aromatic carbocycles. The quantitative estimate of drug-likeness (QED) is 0.509. The third-order valence-corrected chi connectivity index (χ3v) is 5.62. The fraction of sp³-hybridized carbons (Fsp3) is 0.286. The van der Waals surface area contributed by atoms with Gasteiger partial charge in [-0.2, -0.15) is 0 Å². The maximum absolute atomic E-state index is 13.6. The molecule has 0 aliphatic rings. The smallest absolute Gasteiger partial charge is 0.243 e. The average Bonchev–Trinajstić information content (AvgIpc) is 2.82. The van der Waals surface area contributed by atoms with Crippen molar-refractivity contribution in [2.45, 2.75) is 45.7 Å². The first-order valence-electron chi connectivity index (χ1n) is 11.3. The van der Waals surface area contributed by atoms with E-state index in [4.69, 9.17) is 0 Å². The summed E-state index contributed by atoms with van der Waals surface area (Å²) >= 11 is 0. The van der Waals surface area contributed by atoms with Gasteiger partial charge in [0.05, 0.1) is 6.42 Å². The third-order valence-electron chi connectivity index (χ3n) is 5.62. The number of nitrogens with one attached hydrogen (secondary N) is 1. The number of benzene rings is 3.